The van der Waals surface area contributed by atoms with Crippen molar-refractivity contribution in [2.24, 2.45) is 5.92 Å². The van der Waals surface area contributed by atoms with E-state index in [2.05, 4.69) is 25.3 Å². The van der Waals surface area contributed by atoms with Crippen LogP contribution in [0.25, 0.3) is 17.4 Å². The van der Waals surface area contributed by atoms with Crippen LogP contribution < -0.4 is 5.32 Å². The second-order valence-electron chi connectivity index (χ2n) is 8.38. The number of aryl methyl sites for hydroxylation is 3. The molecule has 1 saturated heterocycles. The summed E-state index contributed by atoms with van der Waals surface area (Å²) in [4.78, 5) is 24.3. The third-order valence-electron chi connectivity index (χ3n) is 5.62. The van der Waals surface area contributed by atoms with E-state index >= 15 is 0 Å². The molecule has 1 unspecified atom stereocenters. The van der Waals surface area contributed by atoms with Gasteiger partial charge in [0.15, 0.2) is 17.4 Å². The molecule has 0 spiro atoms. The first-order valence-electron chi connectivity index (χ1n) is 10.9. The van der Waals surface area contributed by atoms with Gasteiger partial charge in [0.05, 0.1) is 12.3 Å². The first-order valence-corrected chi connectivity index (χ1v) is 10.9. The quantitative estimate of drug-likeness (QED) is 0.577. The van der Waals surface area contributed by atoms with Crippen molar-refractivity contribution in [1.29, 1.82) is 0 Å². The van der Waals surface area contributed by atoms with Crippen LogP contribution in [0.4, 0.5) is 5.82 Å². The molecule has 9 nitrogen and oxygen atoms in total. The molecule has 1 amide bonds. The number of carbonyl (C=O) groups excluding carboxylic acids is 1. The number of amides is 1. The van der Waals surface area contributed by atoms with Crippen molar-refractivity contribution in [3.63, 3.8) is 0 Å². The van der Waals surface area contributed by atoms with Gasteiger partial charge in [-0.25, -0.2) is 14.6 Å². The van der Waals surface area contributed by atoms with E-state index in [-0.39, 0.29) is 5.91 Å². The number of aromatic nitrogens is 4. The number of methoxy groups -OCH3 is 1. The smallest absolute Gasteiger partial charge is 0.225 e. The van der Waals surface area contributed by atoms with E-state index in [4.69, 9.17) is 9.15 Å². The van der Waals surface area contributed by atoms with Crippen LogP contribution in [-0.2, 0) is 9.53 Å². The lowest BCUT2D eigenvalue weighted by molar-refractivity contribution is -0.117. The van der Waals surface area contributed by atoms with E-state index in [9.17, 15) is 4.79 Å². The second kappa shape index (κ2) is 9.62. The Bertz CT molecular complexity index is 1090. The van der Waals surface area contributed by atoms with Gasteiger partial charge < -0.3 is 19.4 Å². The van der Waals surface area contributed by atoms with Gasteiger partial charge in [-0.15, -0.1) is 0 Å². The van der Waals surface area contributed by atoms with Gasteiger partial charge >= 0.3 is 0 Å². The number of anilines is 1. The number of nitrogens with zero attached hydrogens (tertiary/aromatic N) is 5. The zero-order valence-electron chi connectivity index (χ0n) is 19.1. The van der Waals surface area contributed by atoms with Gasteiger partial charge in [-0.05, 0) is 57.9 Å². The summed E-state index contributed by atoms with van der Waals surface area (Å²) in [6.07, 6.45) is 1.47. The highest BCUT2D eigenvalue weighted by atomic mass is 16.5. The van der Waals surface area contributed by atoms with E-state index in [1.54, 1.807) is 17.9 Å². The first kappa shape index (κ1) is 22.2. The molecule has 1 fully saturated rings. The van der Waals surface area contributed by atoms with Gasteiger partial charge in [0, 0.05) is 38.4 Å². The van der Waals surface area contributed by atoms with Crippen LogP contribution >= 0.6 is 0 Å². The monoisotopic (exact) mass is 438 g/mol. The van der Waals surface area contributed by atoms with E-state index in [0.29, 0.717) is 42.2 Å². The molecule has 0 aromatic carbocycles. The van der Waals surface area contributed by atoms with Crippen molar-refractivity contribution in [2.75, 3.05) is 38.7 Å². The number of nitrogens with one attached hydrogen (secondary N) is 1. The molecule has 1 aliphatic rings. The van der Waals surface area contributed by atoms with E-state index < -0.39 is 0 Å². The van der Waals surface area contributed by atoms with Crippen LogP contribution in [0.15, 0.2) is 28.7 Å². The number of furan rings is 1. The minimum absolute atomic E-state index is 0.0526. The molecular formula is C23H30N6O3. The molecule has 3 aromatic heterocycles. The standard InChI is InChI=1S/C23H30N6O3/c1-15-11-16(2)29(27-15)21-13-20(25-23(26-21)19-6-5-17(3)32-19)24-22(30)12-18-7-8-28(14-18)9-10-31-4/h5-6,11,13,18H,7-10,12,14H2,1-4H3,(H,24,25,26,30). The van der Waals surface area contributed by atoms with Crippen LogP contribution in [0.5, 0.6) is 0 Å². The molecule has 1 N–H and O–H groups in total. The maximum Gasteiger partial charge on any atom is 0.225 e. The SMILES string of the molecule is COCCN1CCC(CC(=O)Nc2cc(-n3nc(C)cc3C)nc(-c3ccc(C)o3)n2)C1. The van der Waals surface area contributed by atoms with Gasteiger partial charge in [0.2, 0.25) is 5.91 Å². The zero-order chi connectivity index (χ0) is 22.7. The molecule has 0 bridgehead atoms. The number of ether oxygens (including phenoxy) is 1. The highest BCUT2D eigenvalue weighted by Crippen LogP contribution is 2.24. The molecule has 0 saturated carbocycles. The normalized spacial score (nSPS) is 16.6. The van der Waals surface area contributed by atoms with Crippen LogP contribution in [-0.4, -0.2) is 63.9 Å². The average molecular weight is 439 g/mol. The molecule has 0 aliphatic carbocycles. The fourth-order valence-corrected chi connectivity index (χ4v) is 4.09. The lowest BCUT2D eigenvalue weighted by atomic mass is 10.0. The summed E-state index contributed by atoms with van der Waals surface area (Å²) >= 11 is 0. The lowest BCUT2D eigenvalue weighted by Gasteiger charge is -2.15. The van der Waals surface area contributed by atoms with Crippen molar-refractivity contribution in [1.82, 2.24) is 24.6 Å². The Morgan fingerprint density at radius 3 is 2.78 bits per heavy atom. The Morgan fingerprint density at radius 2 is 2.09 bits per heavy atom. The summed E-state index contributed by atoms with van der Waals surface area (Å²) < 4.78 is 12.6. The van der Waals surface area contributed by atoms with Gasteiger partial charge in [-0.3, -0.25) is 4.79 Å². The molecule has 1 atom stereocenters. The number of hydrogen-bond donors (Lipinski definition) is 1. The summed E-state index contributed by atoms with van der Waals surface area (Å²) in [5, 5.41) is 7.49. The zero-order valence-corrected chi connectivity index (χ0v) is 19.1. The second-order valence-corrected chi connectivity index (χ2v) is 8.38. The Morgan fingerprint density at radius 1 is 1.25 bits per heavy atom. The summed E-state index contributed by atoms with van der Waals surface area (Å²) in [5.74, 6) is 3.02. The highest BCUT2D eigenvalue weighted by molar-refractivity contribution is 5.90. The van der Waals surface area contributed by atoms with Crippen LogP contribution in [0.2, 0.25) is 0 Å². The molecule has 3 aromatic rings. The molecule has 170 valence electrons. The topological polar surface area (TPSA) is 98.3 Å². The average Bonchev–Trinajstić information content (AvgIpc) is 3.46. The minimum atomic E-state index is -0.0526. The molecular weight excluding hydrogens is 408 g/mol. The maximum absolute atomic E-state index is 12.8. The molecule has 4 heterocycles. The molecule has 0 radical (unpaired) electrons. The summed E-state index contributed by atoms with van der Waals surface area (Å²) in [7, 11) is 1.71. The van der Waals surface area contributed by atoms with Crippen LogP contribution in [0.3, 0.4) is 0 Å². The largest absolute Gasteiger partial charge is 0.458 e. The first-order chi connectivity index (χ1) is 15.4. The van der Waals surface area contributed by atoms with Gasteiger partial charge in [-0.1, -0.05) is 0 Å². The lowest BCUT2D eigenvalue weighted by Crippen LogP contribution is -2.26. The van der Waals surface area contributed by atoms with Gasteiger partial charge in [-0.2, -0.15) is 5.10 Å². The summed E-state index contributed by atoms with van der Waals surface area (Å²) in [6, 6.07) is 7.42. The van der Waals surface area contributed by atoms with E-state index in [1.807, 2.05) is 39.0 Å². The van der Waals surface area contributed by atoms with Crippen molar-refractivity contribution in [3.05, 3.63) is 41.4 Å². The Hall–Kier alpha value is -3.04. The number of rotatable bonds is 8. The summed E-state index contributed by atoms with van der Waals surface area (Å²) in [5.41, 5.74) is 1.84. The molecule has 4 rings (SSSR count). The molecule has 9 heteroatoms. The minimum Gasteiger partial charge on any atom is -0.458 e. The number of hydrogen-bond acceptors (Lipinski definition) is 7. The Labute approximate surface area is 187 Å². The van der Waals surface area contributed by atoms with Crippen molar-refractivity contribution >= 4 is 11.7 Å². The van der Waals surface area contributed by atoms with Gasteiger partial charge in [0.25, 0.3) is 0 Å². The predicted octanol–water partition coefficient (Wildman–Crippen LogP) is 3.14. The fourth-order valence-electron chi connectivity index (χ4n) is 4.09. The Kier molecular flexibility index (Phi) is 6.66. The third kappa shape index (κ3) is 5.23. The molecule has 32 heavy (non-hydrogen) atoms. The number of likely N-dealkylation sites (tertiary alicyclic amines) is 1. The predicted molar refractivity (Wildman–Crippen MR) is 121 cm³/mol. The summed E-state index contributed by atoms with van der Waals surface area (Å²) in [6.45, 7) is 9.29. The van der Waals surface area contributed by atoms with Crippen LogP contribution in [0, 0.1) is 26.7 Å². The van der Waals surface area contributed by atoms with Crippen molar-refractivity contribution < 1.29 is 13.9 Å². The third-order valence-corrected chi connectivity index (χ3v) is 5.62. The van der Waals surface area contributed by atoms with Crippen molar-refractivity contribution in [2.45, 2.75) is 33.6 Å². The van der Waals surface area contributed by atoms with Crippen molar-refractivity contribution in [3.8, 4) is 17.4 Å². The van der Waals surface area contributed by atoms with Gasteiger partial charge in [0.1, 0.15) is 11.6 Å². The van der Waals surface area contributed by atoms with E-state index in [0.717, 1.165) is 43.2 Å². The fraction of sp³-hybridized carbons (Fsp3) is 0.478. The van der Waals surface area contributed by atoms with Crippen LogP contribution in [0.1, 0.15) is 30.0 Å². The van der Waals surface area contributed by atoms with E-state index in [1.165, 1.54) is 0 Å². The highest BCUT2D eigenvalue weighted by Gasteiger charge is 2.24. The maximum atomic E-state index is 12.8. The molecule has 1 aliphatic heterocycles. The number of carbonyl (C=O) groups is 1. The Balaban J connectivity index is 1.53.